The molecule has 1 aliphatic rings. The summed E-state index contributed by atoms with van der Waals surface area (Å²) in [6, 6.07) is 12.2. The van der Waals surface area contributed by atoms with E-state index in [9.17, 15) is 4.79 Å². The Labute approximate surface area is 124 Å². The first-order valence-corrected chi connectivity index (χ1v) is 7.22. The minimum absolute atomic E-state index is 0.146. The summed E-state index contributed by atoms with van der Waals surface area (Å²) in [5, 5.41) is 3.47. The van der Waals surface area contributed by atoms with E-state index in [-0.39, 0.29) is 11.9 Å². The fourth-order valence-corrected chi connectivity index (χ4v) is 2.70. The van der Waals surface area contributed by atoms with Crippen molar-refractivity contribution in [3.8, 4) is 0 Å². The van der Waals surface area contributed by atoms with Crippen LogP contribution >= 0.6 is 0 Å². The highest BCUT2D eigenvalue weighted by atomic mass is 16.2. The Morgan fingerprint density at radius 1 is 1.24 bits per heavy atom. The maximum absolute atomic E-state index is 11.7. The normalized spacial score (nSPS) is 15.5. The second-order valence-corrected chi connectivity index (χ2v) is 5.42. The Morgan fingerprint density at radius 3 is 2.86 bits per heavy atom. The third-order valence-corrected chi connectivity index (χ3v) is 3.94. The Hall–Kier alpha value is -2.36. The lowest BCUT2D eigenvalue weighted by Crippen LogP contribution is -2.31. The topological polar surface area (TPSA) is 45.2 Å². The molecule has 1 amide bonds. The van der Waals surface area contributed by atoms with E-state index in [2.05, 4.69) is 23.3 Å². The van der Waals surface area contributed by atoms with Crippen molar-refractivity contribution in [2.45, 2.75) is 25.8 Å². The van der Waals surface area contributed by atoms with Gasteiger partial charge in [0.1, 0.15) is 0 Å². The van der Waals surface area contributed by atoms with Crippen molar-refractivity contribution < 1.29 is 4.79 Å². The summed E-state index contributed by atoms with van der Waals surface area (Å²) in [5.41, 5.74) is 4.31. The first-order chi connectivity index (χ1) is 10.1. The molecule has 4 nitrogen and oxygen atoms in total. The summed E-state index contributed by atoms with van der Waals surface area (Å²) in [6.07, 6.45) is 3.20. The smallest absolute Gasteiger partial charge is 0.227 e. The number of fused-ring (bicyclic) bond motifs is 1. The minimum atomic E-state index is 0.146. The lowest BCUT2D eigenvalue weighted by atomic mass is 10.0. The summed E-state index contributed by atoms with van der Waals surface area (Å²) < 4.78 is 0. The maximum atomic E-state index is 11.7. The van der Waals surface area contributed by atoms with E-state index >= 15 is 0 Å². The van der Waals surface area contributed by atoms with E-state index in [0.717, 1.165) is 23.5 Å². The number of amides is 1. The fraction of sp³-hybridized carbons (Fsp3) is 0.294. The number of nitrogens with zero attached hydrogens (tertiary/aromatic N) is 2. The van der Waals surface area contributed by atoms with Crippen molar-refractivity contribution >= 4 is 17.3 Å². The van der Waals surface area contributed by atoms with Crippen LogP contribution in [-0.2, 0) is 11.2 Å². The van der Waals surface area contributed by atoms with E-state index in [0.29, 0.717) is 6.42 Å². The Bertz CT molecular complexity index is 654. The molecular formula is C17H19N3O. The van der Waals surface area contributed by atoms with Crippen LogP contribution < -0.4 is 10.2 Å². The zero-order valence-electron chi connectivity index (χ0n) is 12.3. The molecule has 1 atom stereocenters. The van der Waals surface area contributed by atoms with Gasteiger partial charge in [-0.25, -0.2) is 0 Å². The van der Waals surface area contributed by atoms with Crippen molar-refractivity contribution in [3.63, 3.8) is 0 Å². The van der Waals surface area contributed by atoms with Crippen LogP contribution in [0, 0.1) is 0 Å². The Balaban J connectivity index is 1.80. The van der Waals surface area contributed by atoms with Gasteiger partial charge in [0.2, 0.25) is 5.91 Å². The number of aromatic nitrogens is 1. The van der Waals surface area contributed by atoms with Gasteiger partial charge < -0.3 is 10.2 Å². The van der Waals surface area contributed by atoms with Crippen LogP contribution in [0.2, 0.25) is 0 Å². The molecule has 0 aliphatic carbocycles. The molecule has 0 saturated heterocycles. The molecule has 1 aliphatic heterocycles. The van der Waals surface area contributed by atoms with Gasteiger partial charge in [0, 0.05) is 31.0 Å². The number of anilines is 2. The lowest BCUT2D eigenvalue weighted by Gasteiger charge is -2.26. The van der Waals surface area contributed by atoms with Crippen LogP contribution in [0.3, 0.4) is 0 Å². The highest BCUT2D eigenvalue weighted by Gasteiger charge is 2.21. The molecule has 0 fully saturated rings. The van der Waals surface area contributed by atoms with Gasteiger partial charge in [0.05, 0.1) is 11.7 Å². The van der Waals surface area contributed by atoms with E-state index < -0.39 is 0 Å². The van der Waals surface area contributed by atoms with E-state index in [1.807, 2.05) is 37.4 Å². The molecule has 2 aromatic rings. The number of nitrogens with one attached hydrogen (secondary N) is 1. The van der Waals surface area contributed by atoms with E-state index in [1.54, 1.807) is 11.1 Å². The molecule has 0 radical (unpaired) electrons. The average molecular weight is 281 g/mol. The first kappa shape index (κ1) is 13.6. The molecule has 3 rings (SSSR count). The van der Waals surface area contributed by atoms with Crippen molar-refractivity contribution in [2.75, 3.05) is 17.3 Å². The predicted molar refractivity (Wildman–Crippen MR) is 84.4 cm³/mol. The summed E-state index contributed by atoms with van der Waals surface area (Å²) in [7, 11) is 1.84. The minimum Gasteiger partial charge on any atom is -0.377 e. The SMILES string of the molecule is C[C@@H](Nc1ccc2c(c1)CCC(=O)N2C)c1ccccn1. The number of benzene rings is 1. The number of carbonyl (C=O) groups excluding carboxylic acids is 1. The number of carbonyl (C=O) groups is 1. The molecule has 4 heteroatoms. The molecule has 0 unspecified atom stereocenters. The zero-order chi connectivity index (χ0) is 14.8. The van der Waals surface area contributed by atoms with Crippen molar-refractivity contribution in [3.05, 3.63) is 53.9 Å². The molecule has 2 heterocycles. The molecule has 1 N–H and O–H groups in total. The van der Waals surface area contributed by atoms with Gasteiger partial charge in [-0.2, -0.15) is 0 Å². The van der Waals surface area contributed by atoms with Gasteiger partial charge in [-0.15, -0.1) is 0 Å². The maximum Gasteiger partial charge on any atom is 0.227 e. The van der Waals surface area contributed by atoms with Gasteiger partial charge in [-0.3, -0.25) is 9.78 Å². The monoisotopic (exact) mass is 281 g/mol. The largest absolute Gasteiger partial charge is 0.377 e. The van der Waals surface area contributed by atoms with E-state index in [1.165, 1.54) is 5.56 Å². The lowest BCUT2D eigenvalue weighted by molar-refractivity contribution is -0.118. The number of aryl methyl sites for hydroxylation is 1. The highest BCUT2D eigenvalue weighted by molar-refractivity contribution is 5.96. The average Bonchev–Trinajstić information content (AvgIpc) is 2.52. The molecule has 0 spiro atoms. The standard InChI is InChI=1S/C17H19N3O/c1-12(15-5-3-4-10-18-15)19-14-7-8-16-13(11-14)6-9-17(21)20(16)2/h3-5,7-8,10-12,19H,6,9H2,1-2H3/t12-/m1/s1. The third kappa shape index (κ3) is 2.75. The fourth-order valence-electron chi connectivity index (χ4n) is 2.70. The van der Waals surface area contributed by atoms with Gasteiger partial charge in [0.15, 0.2) is 0 Å². The summed E-state index contributed by atoms with van der Waals surface area (Å²) in [6.45, 7) is 2.09. The number of hydrogen-bond acceptors (Lipinski definition) is 3. The number of rotatable bonds is 3. The molecule has 0 saturated carbocycles. The number of hydrogen-bond donors (Lipinski definition) is 1. The molecular weight excluding hydrogens is 262 g/mol. The Kier molecular flexibility index (Phi) is 3.60. The molecule has 1 aromatic carbocycles. The summed E-state index contributed by atoms with van der Waals surface area (Å²) in [4.78, 5) is 17.8. The van der Waals surface area contributed by atoms with Crippen LogP contribution in [0.1, 0.15) is 30.6 Å². The summed E-state index contributed by atoms with van der Waals surface area (Å²) in [5.74, 6) is 0.185. The van der Waals surface area contributed by atoms with Crippen molar-refractivity contribution in [1.29, 1.82) is 0 Å². The zero-order valence-corrected chi connectivity index (χ0v) is 12.3. The second kappa shape index (κ2) is 5.56. The van der Waals surface area contributed by atoms with Crippen LogP contribution in [0.5, 0.6) is 0 Å². The second-order valence-electron chi connectivity index (χ2n) is 5.42. The predicted octanol–water partition coefficient (Wildman–Crippen LogP) is 3.16. The van der Waals surface area contributed by atoms with Crippen molar-refractivity contribution in [1.82, 2.24) is 4.98 Å². The third-order valence-electron chi connectivity index (χ3n) is 3.94. The van der Waals surface area contributed by atoms with E-state index in [4.69, 9.17) is 0 Å². The quantitative estimate of drug-likeness (QED) is 0.940. The van der Waals surface area contributed by atoms with Gasteiger partial charge in [-0.05, 0) is 49.2 Å². The Morgan fingerprint density at radius 2 is 2.10 bits per heavy atom. The molecule has 21 heavy (non-hydrogen) atoms. The van der Waals surface area contributed by atoms with Crippen LogP contribution in [-0.4, -0.2) is 17.9 Å². The molecule has 1 aromatic heterocycles. The first-order valence-electron chi connectivity index (χ1n) is 7.22. The van der Waals surface area contributed by atoms with Crippen molar-refractivity contribution in [2.24, 2.45) is 0 Å². The van der Waals surface area contributed by atoms with Crippen LogP contribution in [0.25, 0.3) is 0 Å². The summed E-state index contributed by atoms with van der Waals surface area (Å²) >= 11 is 0. The highest BCUT2D eigenvalue weighted by Crippen LogP contribution is 2.30. The molecule has 0 bridgehead atoms. The van der Waals surface area contributed by atoms with Gasteiger partial charge >= 0.3 is 0 Å². The molecule has 108 valence electrons. The number of pyridine rings is 1. The van der Waals surface area contributed by atoms with Gasteiger partial charge in [-0.1, -0.05) is 6.07 Å². The van der Waals surface area contributed by atoms with Crippen LogP contribution in [0.4, 0.5) is 11.4 Å². The van der Waals surface area contributed by atoms with Gasteiger partial charge in [0.25, 0.3) is 0 Å². The van der Waals surface area contributed by atoms with Crippen LogP contribution in [0.15, 0.2) is 42.6 Å².